The van der Waals surface area contributed by atoms with Crippen molar-refractivity contribution in [2.75, 3.05) is 6.26 Å². The maximum absolute atomic E-state index is 8.47. The van der Waals surface area contributed by atoms with Crippen molar-refractivity contribution in [3.8, 4) is 5.75 Å². The first-order valence-electron chi connectivity index (χ1n) is 3.24. The van der Waals surface area contributed by atoms with E-state index in [4.69, 9.17) is 10.0 Å². The standard InChI is InChI=1S/C6H8BNO3S/c1-12-6-2-5(3-8-4-6)11-7(9)10/h2-4,9-10H,1H3. The summed E-state index contributed by atoms with van der Waals surface area (Å²) >= 11 is 1.50. The molecular formula is C6H8BNO3S. The predicted molar refractivity (Wildman–Crippen MR) is 46.8 cm³/mol. The van der Waals surface area contributed by atoms with Gasteiger partial charge in [0.2, 0.25) is 0 Å². The Bertz CT molecular complexity index is 258. The zero-order valence-electron chi connectivity index (χ0n) is 6.47. The Hall–Kier alpha value is -0.715. The third-order valence-corrected chi connectivity index (χ3v) is 1.86. The number of rotatable bonds is 3. The summed E-state index contributed by atoms with van der Waals surface area (Å²) in [6.07, 6.45) is 4.98. The van der Waals surface area contributed by atoms with Crippen LogP contribution in [0.4, 0.5) is 0 Å². The fourth-order valence-electron chi connectivity index (χ4n) is 0.697. The van der Waals surface area contributed by atoms with E-state index in [1.807, 2.05) is 6.26 Å². The van der Waals surface area contributed by atoms with E-state index in [1.54, 1.807) is 12.3 Å². The molecule has 2 N–H and O–H groups in total. The molecule has 0 atom stereocenters. The molecule has 1 aromatic heterocycles. The van der Waals surface area contributed by atoms with Crippen LogP contribution in [0.5, 0.6) is 5.75 Å². The fourth-order valence-corrected chi connectivity index (χ4v) is 1.10. The summed E-state index contributed by atoms with van der Waals surface area (Å²) in [4.78, 5) is 4.75. The summed E-state index contributed by atoms with van der Waals surface area (Å²) in [7, 11) is -1.79. The molecule has 0 radical (unpaired) electrons. The molecule has 0 spiro atoms. The van der Waals surface area contributed by atoms with Gasteiger partial charge >= 0.3 is 7.32 Å². The van der Waals surface area contributed by atoms with Gasteiger partial charge in [0.05, 0.1) is 6.20 Å². The van der Waals surface area contributed by atoms with Crippen LogP contribution in [-0.4, -0.2) is 28.6 Å². The molecule has 12 heavy (non-hydrogen) atoms. The molecule has 0 aliphatic carbocycles. The third kappa shape index (κ3) is 2.73. The van der Waals surface area contributed by atoms with Crippen molar-refractivity contribution in [1.29, 1.82) is 0 Å². The zero-order valence-corrected chi connectivity index (χ0v) is 7.28. The maximum atomic E-state index is 8.47. The fraction of sp³-hybridized carbons (Fsp3) is 0.167. The van der Waals surface area contributed by atoms with Crippen LogP contribution in [0.15, 0.2) is 23.4 Å². The zero-order chi connectivity index (χ0) is 8.97. The number of nitrogens with zero attached hydrogens (tertiary/aromatic N) is 1. The molecule has 0 aromatic carbocycles. The molecule has 0 unspecified atom stereocenters. The van der Waals surface area contributed by atoms with Gasteiger partial charge in [0.1, 0.15) is 5.75 Å². The largest absolute Gasteiger partial charge is 0.707 e. The Morgan fingerprint density at radius 1 is 1.50 bits per heavy atom. The number of aromatic nitrogens is 1. The summed E-state index contributed by atoms with van der Waals surface area (Å²) in [6.45, 7) is 0. The lowest BCUT2D eigenvalue weighted by Gasteiger charge is -2.04. The molecule has 1 rings (SSSR count). The van der Waals surface area contributed by atoms with Crippen molar-refractivity contribution < 1.29 is 14.7 Å². The van der Waals surface area contributed by atoms with Crippen LogP contribution in [0.3, 0.4) is 0 Å². The van der Waals surface area contributed by atoms with Crippen LogP contribution >= 0.6 is 11.8 Å². The van der Waals surface area contributed by atoms with Crippen LogP contribution < -0.4 is 4.65 Å². The average Bonchev–Trinajstić information content (AvgIpc) is 2.03. The van der Waals surface area contributed by atoms with Gasteiger partial charge in [-0.2, -0.15) is 0 Å². The summed E-state index contributed by atoms with van der Waals surface area (Å²) in [5.74, 6) is 0.344. The number of pyridine rings is 1. The minimum Gasteiger partial charge on any atom is -0.511 e. The van der Waals surface area contributed by atoms with Gasteiger partial charge in [-0.3, -0.25) is 4.98 Å². The molecule has 0 amide bonds. The van der Waals surface area contributed by atoms with Gasteiger partial charge in [0, 0.05) is 11.1 Å². The average molecular weight is 185 g/mol. The molecule has 4 nitrogen and oxygen atoms in total. The highest BCUT2D eigenvalue weighted by Gasteiger charge is 2.11. The van der Waals surface area contributed by atoms with E-state index in [9.17, 15) is 0 Å². The van der Waals surface area contributed by atoms with Gasteiger partial charge in [0.15, 0.2) is 0 Å². The first-order chi connectivity index (χ1) is 5.72. The van der Waals surface area contributed by atoms with Gasteiger partial charge in [0.25, 0.3) is 0 Å². The lowest BCUT2D eigenvalue weighted by molar-refractivity contribution is 0.287. The van der Waals surface area contributed by atoms with Crippen molar-refractivity contribution >= 4 is 19.1 Å². The molecule has 64 valence electrons. The predicted octanol–water partition coefficient (Wildman–Crippen LogP) is 0.152. The highest BCUT2D eigenvalue weighted by atomic mass is 32.2. The van der Waals surface area contributed by atoms with Gasteiger partial charge < -0.3 is 14.7 Å². The monoisotopic (exact) mass is 185 g/mol. The molecule has 0 aliphatic heterocycles. The Balaban J connectivity index is 2.72. The van der Waals surface area contributed by atoms with E-state index in [2.05, 4.69) is 9.64 Å². The first-order valence-corrected chi connectivity index (χ1v) is 4.46. The number of hydrogen-bond acceptors (Lipinski definition) is 5. The first kappa shape index (κ1) is 9.37. The summed E-state index contributed by atoms with van der Waals surface area (Å²) in [5, 5.41) is 16.9. The molecule has 0 saturated heterocycles. The van der Waals surface area contributed by atoms with Crippen molar-refractivity contribution in [3.05, 3.63) is 18.5 Å². The van der Waals surface area contributed by atoms with Crippen LogP contribution in [0.25, 0.3) is 0 Å². The van der Waals surface area contributed by atoms with E-state index in [0.29, 0.717) is 5.75 Å². The Morgan fingerprint density at radius 3 is 2.83 bits per heavy atom. The molecule has 0 aliphatic rings. The SMILES string of the molecule is CSc1cncc(OB(O)O)c1. The minimum absolute atomic E-state index is 0.344. The summed E-state index contributed by atoms with van der Waals surface area (Å²) < 4.78 is 4.59. The molecule has 0 bridgehead atoms. The minimum atomic E-state index is -1.79. The molecule has 0 saturated carbocycles. The Kier molecular flexibility index (Phi) is 3.39. The van der Waals surface area contributed by atoms with E-state index < -0.39 is 7.32 Å². The van der Waals surface area contributed by atoms with Crippen molar-refractivity contribution in [2.45, 2.75) is 4.90 Å². The second kappa shape index (κ2) is 4.35. The van der Waals surface area contributed by atoms with Crippen molar-refractivity contribution in [2.24, 2.45) is 0 Å². The summed E-state index contributed by atoms with van der Waals surface area (Å²) in [5.41, 5.74) is 0. The van der Waals surface area contributed by atoms with E-state index in [-0.39, 0.29) is 0 Å². The number of thioether (sulfide) groups is 1. The highest BCUT2D eigenvalue weighted by Crippen LogP contribution is 2.18. The Morgan fingerprint density at radius 2 is 2.25 bits per heavy atom. The summed E-state index contributed by atoms with van der Waals surface area (Å²) in [6, 6.07) is 1.68. The van der Waals surface area contributed by atoms with Crippen molar-refractivity contribution in [1.82, 2.24) is 4.98 Å². The van der Waals surface area contributed by atoms with Crippen LogP contribution in [0.2, 0.25) is 0 Å². The van der Waals surface area contributed by atoms with E-state index in [1.165, 1.54) is 18.0 Å². The Labute approximate surface area is 74.8 Å². The quantitative estimate of drug-likeness (QED) is 0.518. The smallest absolute Gasteiger partial charge is 0.511 e. The highest BCUT2D eigenvalue weighted by molar-refractivity contribution is 7.98. The van der Waals surface area contributed by atoms with Crippen LogP contribution in [-0.2, 0) is 0 Å². The number of hydrogen-bond donors (Lipinski definition) is 2. The van der Waals surface area contributed by atoms with Gasteiger partial charge in [-0.25, -0.2) is 0 Å². The maximum Gasteiger partial charge on any atom is 0.707 e. The lowest BCUT2D eigenvalue weighted by atomic mass is 10.2. The third-order valence-electron chi connectivity index (χ3n) is 1.17. The molecule has 1 heterocycles. The molecule has 0 fully saturated rings. The molecule has 1 aromatic rings. The topological polar surface area (TPSA) is 62.6 Å². The lowest BCUT2D eigenvalue weighted by Crippen LogP contribution is -2.20. The normalized spacial score (nSPS) is 9.58. The van der Waals surface area contributed by atoms with Crippen LogP contribution in [0, 0.1) is 0 Å². The van der Waals surface area contributed by atoms with E-state index >= 15 is 0 Å². The molecule has 6 heteroatoms. The second-order valence-electron chi connectivity index (χ2n) is 2.00. The molecular weight excluding hydrogens is 177 g/mol. The van der Waals surface area contributed by atoms with Gasteiger partial charge in [-0.1, -0.05) is 0 Å². The second-order valence-corrected chi connectivity index (χ2v) is 2.88. The van der Waals surface area contributed by atoms with Gasteiger partial charge in [-0.05, 0) is 12.3 Å². The van der Waals surface area contributed by atoms with Gasteiger partial charge in [-0.15, -0.1) is 11.8 Å². The van der Waals surface area contributed by atoms with Crippen LogP contribution in [0.1, 0.15) is 0 Å². The van der Waals surface area contributed by atoms with E-state index in [0.717, 1.165) is 4.90 Å². The van der Waals surface area contributed by atoms with Crippen molar-refractivity contribution in [3.63, 3.8) is 0 Å².